The summed E-state index contributed by atoms with van der Waals surface area (Å²) in [5, 5.41) is 15.2. The number of hydrogen-bond donors (Lipinski definition) is 4. The van der Waals surface area contributed by atoms with Gasteiger partial charge in [0.2, 0.25) is 11.8 Å². The molecule has 2 amide bonds. The van der Waals surface area contributed by atoms with Crippen molar-refractivity contribution >= 4 is 17.8 Å². The third-order valence-electron chi connectivity index (χ3n) is 5.21. The molecular weight excluding hydrogens is 374 g/mol. The highest BCUT2D eigenvalue weighted by Gasteiger charge is 2.49. The minimum atomic E-state index is -0.534. The summed E-state index contributed by atoms with van der Waals surface area (Å²) >= 11 is 0. The molecular formula is C19H27N7O3. The molecule has 2 unspecified atom stereocenters. The highest BCUT2D eigenvalue weighted by Crippen LogP contribution is 2.37. The van der Waals surface area contributed by atoms with E-state index in [-0.39, 0.29) is 34.9 Å². The topological polar surface area (TPSA) is 137 Å². The number of amides is 2. The minimum Gasteiger partial charge on any atom is -0.494 e. The van der Waals surface area contributed by atoms with Gasteiger partial charge >= 0.3 is 0 Å². The number of carbonyl (C=O) groups excluding carboxylic acids is 2. The Hall–Kier alpha value is -2.88. The van der Waals surface area contributed by atoms with E-state index in [2.05, 4.69) is 20.7 Å². The fourth-order valence-corrected chi connectivity index (χ4v) is 3.70. The molecule has 0 aromatic carbocycles. The molecule has 0 radical (unpaired) electrons. The molecule has 2 atom stereocenters. The summed E-state index contributed by atoms with van der Waals surface area (Å²) in [5.41, 5.74) is 9.12. The zero-order valence-corrected chi connectivity index (χ0v) is 16.8. The highest BCUT2D eigenvalue weighted by atomic mass is 16.3. The van der Waals surface area contributed by atoms with Crippen LogP contribution in [0.1, 0.15) is 51.6 Å². The first-order valence-corrected chi connectivity index (χ1v) is 9.82. The summed E-state index contributed by atoms with van der Waals surface area (Å²) in [6.07, 6.45) is 5.10. The predicted octanol–water partition coefficient (Wildman–Crippen LogP) is 0.573. The number of nitrogens with two attached hydrogens (primary N) is 1. The van der Waals surface area contributed by atoms with Gasteiger partial charge in [-0.05, 0) is 18.3 Å². The van der Waals surface area contributed by atoms with Gasteiger partial charge in [0.05, 0.1) is 6.04 Å². The van der Waals surface area contributed by atoms with E-state index in [0.717, 1.165) is 18.4 Å². The lowest BCUT2D eigenvalue weighted by molar-refractivity contribution is -0.142. The van der Waals surface area contributed by atoms with Crippen LogP contribution in [0, 0.1) is 5.41 Å². The summed E-state index contributed by atoms with van der Waals surface area (Å²) in [6, 6.07) is -0.165. The Bertz CT molecular complexity index is 858. The highest BCUT2D eigenvalue weighted by molar-refractivity contribution is 6.19. The first kappa shape index (κ1) is 19.4. The average Bonchev–Trinajstić information content (AvgIpc) is 3.33. The predicted molar refractivity (Wildman–Crippen MR) is 105 cm³/mol. The minimum absolute atomic E-state index is 0.0793. The molecule has 156 valence electrons. The van der Waals surface area contributed by atoms with Crippen LogP contribution in [-0.4, -0.2) is 55.6 Å². The van der Waals surface area contributed by atoms with Crippen molar-refractivity contribution in [3.05, 3.63) is 29.4 Å². The van der Waals surface area contributed by atoms with Crippen molar-refractivity contribution in [2.75, 3.05) is 12.3 Å². The average molecular weight is 401 g/mol. The molecule has 1 aliphatic carbocycles. The van der Waals surface area contributed by atoms with Crippen molar-refractivity contribution in [3.63, 3.8) is 0 Å². The van der Waals surface area contributed by atoms with Crippen LogP contribution in [0.25, 0.3) is 0 Å². The van der Waals surface area contributed by atoms with Gasteiger partial charge in [-0.3, -0.25) is 9.59 Å². The number of rotatable bonds is 4. The summed E-state index contributed by atoms with van der Waals surface area (Å²) < 4.78 is 0. The third-order valence-corrected chi connectivity index (χ3v) is 5.21. The fraction of sp³-hybridized carbons (Fsp3) is 0.579. The number of hydrazine groups is 1. The quantitative estimate of drug-likeness (QED) is 0.538. The number of fused-ring (bicyclic) bond motifs is 1. The van der Waals surface area contributed by atoms with E-state index >= 15 is 0 Å². The van der Waals surface area contributed by atoms with Gasteiger partial charge in [0.15, 0.2) is 5.57 Å². The first-order chi connectivity index (χ1) is 13.6. The van der Waals surface area contributed by atoms with Crippen LogP contribution in [-0.2, 0) is 9.59 Å². The van der Waals surface area contributed by atoms with Crippen LogP contribution in [0.4, 0.5) is 5.95 Å². The normalized spacial score (nSPS) is 24.7. The standard InChI is InChI=1S/C19H27N7O3/c1-19(2,3)9-25-13-6-12(10-7-21-18(20)22-8-10)24-26(13)17(29)14(16(25)28)15(27)23-11-4-5-11/h7-8,11-13,24,28H,4-6,9H2,1-3H3,(H,23,27)(H2,20,21,22). The maximum atomic E-state index is 13.1. The number of nitrogen functional groups attached to an aromatic ring is 1. The second kappa shape index (κ2) is 6.87. The molecule has 1 saturated heterocycles. The largest absolute Gasteiger partial charge is 0.494 e. The monoisotopic (exact) mass is 401 g/mol. The molecule has 3 aliphatic rings. The molecule has 1 saturated carbocycles. The van der Waals surface area contributed by atoms with Crippen molar-refractivity contribution in [1.82, 2.24) is 30.6 Å². The lowest BCUT2D eigenvalue weighted by Crippen LogP contribution is -2.58. The van der Waals surface area contributed by atoms with Crippen LogP contribution in [0.3, 0.4) is 0 Å². The molecule has 1 aromatic rings. The molecule has 0 spiro atoms. The number of aromatic nitrogens is 2. The van der Waals surface area contributed by atoms with E-state index in [1.807, 2.05) is 20.8 Å². The second-order valence-electron chi connectivity index (χ2n) is 9.08. The van der Waals surface area contributed by atoms with Gasteiger partial charge in [0.1, 0.15) is 6.17 Å². The van der Waals surface area contributed by atoms with Crippen molar-refractivity contribution in [1.29, 1.82) is 0 Å². The summed E-state index contributed by atoms with van der Waals surface area (Å²) in [7, 11) is 0. The number of nitrogens with one attached hydrogen (secondary N) is 2. The van der Waals surface area contributed by atoms with Gasteiger partial charge in [-0.25, -0.2) is 20.4 Å². The lowest BCUT2D eigenvalue weighted by atomic mass is 9.94. The molecule has 10 nitrogen and oxygen atoms in total. The molecule has 2 fully saturated rings. The van der Waals surface area contributed by atoms with Crippen molar-refractivity contribution in [2.24, 2.45) is 5.41 Å². The van der Waals surface area contributed by atoms with Crippen molar-refractivity contribution in [3.8, 4) is 0 Å². The second-order valence-corrected chi connectivity index (χ2v) is 9.08. The van der Waals surface area contributed by atoms with Crippen molar-refractivity contribution < 1.29 is 14.7 Å². The molecule has 0 bridgehead atoms. The number of hydrogen-bond acceptors (Lipinski definition) is 8. The zero-order chi connectivity index (χ0) is 20.9. The molecule has 2 aliphatic heterocycles. The van der Waals surface area contributed by atoms with Gasteiger partial charge in [-0.2, -0.15) is 0 Å². The molecule has 3 heterocycles. The third kappa shape index (κ3) is 3.84. The van der Waals surface area contributed by atoms with Gasteiger partial charge in [0.25, 0.3) is 11.8 Å². The summed E-state index contributed by atoms with van der Waals surface area (Å²) in [4.78, 5) is 35.6. The Morgan fingerprint density at radius 2 is 2.00 bits per heavy atom. The number of carbonyl (C=O) groups is 2. The Labute approximate surface area is 169 Å². The van der Waals surface area contributed by atoms with Crippen LogP contribution in [0.5, 0.6) is 0 Å². The number of aliphatic hydroxyl groups excluding tert-OH is 1. The van der Waals surface area contributed by atoms with Gasteiger partial charge < -0.3 is 21.1 Å². The van der Waals surface area contributed by atoms with Gasteiger partial charge in [-0.15, -0.1) is 0 Å². The van der Waals surface area contributed by atoms with Crippen molar-refractivity contribution in [2.45, 2.75) is 58.3 Å². The maximum absolute atomic E-state index is 13.1. The molecule has 4 rings (SSSR count). The maximum Gasteiger partial charge on any atom is 0.280 e. The Kier molecular flexibility index (Phi) is 4.60. The van der Waals surface area contributed by atoms with Crippen LogP contribution in [0.15, 0.2) is 23.8 Å². The number of anilines is 1. The molecule has 10 heteroatoms. The Morgan fingerprint density at radius 3 is 2.59 bits per heavy atom. The lowest BCUT2D eigenvalue weighted by Gasteiger charge is -2.42. The first-order valence-electron chi connectivity index (χ1n) is 9.82. The van der Waals surface area contributed by atoms with Crippen LogP contribution < -0.4 is 16.5 Å². The zero-order valence-electron chi connectivity index (χ0n) is 16.8. The van der Waals surface area contributed by atoms with E-state index in [0.29, 0.717) is 13.0 Å². The molecule has 1 aromatic heterocycles. The van der Waals surface area contributed by atoms with Gasteiger partial charge in [-0.1, -0.05) is 20.8 Å². The summed E-state index contributed by atoms with van der Waals surface area (Å²) in [6.45, 7) is 6.59. The Morgan fingerprint density at radius 1 is 1.34 bits per heavy atom. The molecule has 5 N–H and O–H groups in total. The number of aliphatic hydroxyl groups is 1. The van der Waals surface area contributed by atoms with Crippen LogP contribution >= 0.6 is 0 Å². The fourth-order valence-electron chi connectivity index (χ4n) is 3.70. The molecule has 29 heavy (non-hydrogen) atoms. The number of nitrogens with zero attached hydrogens (tertiary/aromatic N) is 4. The summed E-state index contributed by atoms with van der Waals surface area (Å²) in [5.74, 6) is -1.16. The van der Waals surface area contributed by atoms with E-state index in [1.54, 1.807) is 17.3 Å². The van der Waals surface area contributed by atoms with Crippen LogP contribution in [0.2, 0.25) is 0 Å². The van der Waals surface area contributed by atoms with Gasteiger partial charge in [0, 0.05) is 37.0 Å². The Balaban J connectivity index is 1.66. The van der Waals surface area contributed by atoms with E-state index in [4.69, 9.17) is 5.73 Å². The van der Waals surface area contributed by atoms with E-state index in [9.17, 15) is 14.7 Å². The van der Waals surface area contributed by atoms with E-state index < -0.39 is 18.0 Å². The smallest absolute Gasteiger partial charge is 0.280 e. The SMILES string of the molecule is CC(C)(C)CN1C(O)=C(C(=O)NC2CC2)C(=O)N2NC(c3cnc(N)nc3)CC12. The van der Waals surface area contributed by atoms with E-state index in [1.165, 1.54) is 5.01 Å².